The summed E-state index contributed by atoms with van der Waals surface area (Å²) >= 11 is 1.61. The SMILES string of the molecule is CC1CC(c2cc(-c3ccc(-c4ccc5cc(C#N)ccc5c4)cc3)cc(-c3nc4ccc(C#N)cc4s3)c2)=CC=C1c1ccc2cc(C#N)ccc2c1. The Labute approximate surface area is 317 Å². The predicted octanol–water partition coefficient (Wildman–Crippen LogP) is 12.7. The zero-order chi connectivity index (χ0) is 36.8. The van der Waals surface area contributed by atoms with Gasteiger partial charge in [0.25, 0.3) is 0 Å². The minimum atomic E-state index is 0.299. The maximum atomic E-state index is 9.50. The third-order valence-electron chi connectivity index (χ3n) is 10.4. The number of hydrogen-bond donors (Lipinski definition) is 0. The van der Waals surface area contributed by atoms with Crippen molar-refractivity contribution in [1.82, 2.24) is 4.98 Å². The Morgan fingerprint density at radius 1 is 0.500 bits per heavy atom. The van der Waals surface area contributed by atoms with E-state index >= 15 is 0 Å². The van der Waals surface area contributed by atoms with Crippen LogP contribution in [0.25, 0.3) is 75.7 Å². The van der Waals surface area contributed by atoms with Crippen molar-refractivity contribution in [3.8, 4) is 51.0 Å². The summed E-state index contributed by atoms with van der Waals surface area (Å²) in [5.41, 5.74) is 13.3. The topological polar surface area (TPSA) is 84.3 Å². The van der Waals surface area contributed by atoms with Gasteiger partial charge in [0.1, 0.15) is 5.01 Å². The quantitative estimate of drug-likeness (QED) is 0.178. The molecule has 1 aromatic heterocycles. The van der Waals surface area contributed by atoms with Crippen LogP contribution in [-0.2, 0) is 0 Å². The zero-order valence-electron chi connectivity index (χ0n) is 29.3. The molecule has 0 fully saturated rings. The summed E-state index contributed by atoms with van der Waals surface area (Å²) in [5, 5.41) is 33.4. The van der Waals surface area contributed by atoms with Crippen molar-refractivity contribution in [2.45, 2.75) is 13.3 Å². The number of nitrogens with zero attached hydrogens (tertiary/aromatic N) is 4. The molecule has 1 aliphatic rings. The lowest BCUT2D eigenvalue weighted by Gasteiger charge is -2.23. The van der Waals surface area contributed by atoms with Crippen LogP contribution in [-0.4, -0.2) is 4.98 Å². The van der Waals surface area contributed by atoms with Gasteiger partial charge < -0.3 is 0 Å². The molecular weight excluding hydrogens is 677 g/mol. The summed E-state index contributed by atoms with van der Waals surface area (Å²) < 4.78 is 0.997. The Kier molecular flexibility index (Phi) is 8.17. The summed E-state index contributed by atoms with van der Waals surface area (Å²) in [6, 6.07) is 52.4. The van der Waals surface area contributed by atoms with Crippen molar-refractivity contribution in [2.24, 2.45) is 5.92 Å². The van der Waals surface area contributed by atoms with Gasteiger partial charge in [-0.05, 0) is 151 Å². The van der Waals surface area contributed by atoms with Gasteiger partial charge in [-0.1, -0.05) is 79.7 Å². The number of rotatable bonds is 5. The van der Waals surface area contributed by atoms with Crippen molar-refractivity contribution < 1.29 is 0 Å². The van der Waals surface area contributed by atoms with Gasteiger partial charge in [0.05, 0.1) is 45.1 Å². The Hall–Kier alpha value is -7.10. The highest BCUT2D eigenvalue weighted by atomic mass is 32.1. The molecule has 1 aliphatic carbocycles. The highest BCUT2D eigenvalue weighted by Gasteiger charge is 2.20. The van der Waals surface area contributed by atoms with E-state index < -0.39 is 0 Å². The van der Waals surface area contributed by atoms with Gasteiger partial charge in [-0.2, -0.15) is 15.8 Å². The Balaban J connectivity index is 1.10. The first kappa shape index (κ1) is 32.8. The second-order valence-corrected chi connectivity index (χ2v) is 14.9. The summed E-state index contributed by atoms with van der Waals surface area (Å²) in [5.74, 6) is 0.299. The van der Waals surface area contributed by atoms with Crippen molar-refractivity contribution in [1.29, 1.82) is 15.8 Å². The number of fused-ring (bicyclic) bond motifs is 3. The molecule has 8 aromatic rings. The number of benzene rings is 7. The van der Waals surface area contributed by atoms with E-state index in [1.54, 1.807) is 11.3 Å². The van der Waals surface area contributed by atoms with Crippen molar-refractivity contribution in [2.75, 3.05) is 0 Å². The van der Waals surface area contributed by atoms with Crippen LogP contribution in [0.2, 0.25) is 0 Å². The molecule has 0 bridgehead atoms. The first-order chi connectivity index (χ1) is 26.4. The monoisotopic (exact) mass is 706 g/mol. The van der Waals surface area contributed by atoms with Crippen LogP contribution in [0.3, 0.4) is 0 Å². The molecular formula is C49H30N4S. The normalized spacial score (nSPS) is 13.9. The van der Waals surface area contributed by atoms with E-state index in [0.29, 0.717) is 22.6 Å². The molecule has 0 aliphatic heterocycles. The largest absolute Gasteiger partial charge is 0.236 e. The number of nitriles is 3. The number of thiazole rings is 1. The molecule has 0 radical (unpaired) electrons. The fourth-order valence-corrected chi connectivity index (χ4v) is 8.52. The number of aromatic nitrogens is 1. The average Bonchev–Trinajstić information content (AvgIpc) is 3.66. The van der Waals surface area contributed by atoms with Gasteiger partial charge in [0, 0.05) is 5.56 Å². The fraction of sp³-hybridized carbons (Fsp3) is 0.0612. The standard InChI is InChI=1S/C49H30N4S/c1-30-18-36(15-16-46(30)42-14-13-38-20-32(28-51)3-6-41(38)23-42)44-24-43(25-45(26-44)49-53-47-17-4-33(29-52)21-48(47)54-49)35-9-7-34(8-10-35)39-12-11-37-19-31(27-50)2-5-40(37)22-39/h2-17,19-26,30H,18H2,1H3. The maximum Gasteiger partial charge on any atom is 0.124 e. The minimum Gasteiger partial charge on any atom is -0.236 e. The fourth-order valence-electron chi connectivity index (χ4n) is 7.52. The second kappa shape index (κ2) is 13.5. The summed E-state index contributed by atoms with van der Waals surface area (Å²) in [4.78, 5) is 5.01. The molecule has 9 rings (SSSR count). The van der Waals surface area contributed by atoms with Crippen LogP contribution in [0, 0.1) is 39.9 Å². The van der Waals surface area contributed by atoms with Crippen molar-refractivity contribution >= 4 is 54.2 Å². The molecule has 4 nitrogen and oxygen atoms in total. The molecule has 0 N–H and O–H groups in total. The lowest BCUT2D eigenvalue weighted by atomic mass is 9.81. The molecule has 0 saturated heterocycles. The van der Waals surface area contributed by atoms with Gasteiger partial charge in [-0.3, -0.25) is 0 Å². The van der Waals surface area contributed by atoms with Gasteiger partial charge in [0.15, 0.2) is 0 Å². The molecule has 54 heavy (non-hydrogen) atoms. The van der Waals surface area contributed by atoms with Crippen molar-refractivity contribution in [3.63, 3.8) is 0 Å². The Morgan fingerprint density at radius 3 is 1.69 bits per heavy atom. The highest BCUT2D eigenvalue weighted by Crippen LogP contribution is 2.41. The Bertz CT molecular complexity index is 3010. The lowest BCUT2D eigenvalue weighted by Crippen LogP contribution is -2.05. The van der Waals surface area contributed by atoms with E-state index in [9.17, 15) is 15.8 Å². The molecule has 7 aromatic carbocycles. The molecule has 1 heterocycles. The smallest absolute Gasteiger partial charge is 0.124 e. The number of hydrogen-bond acceptors (Lipinski definition) is 5. The molecule has 0 amide bonds. The van der Waals surface area contributed by atoms with Crippen LogP contribution in [0.1, 0.15) is 41.2 Å². The first-order valence-corrected chi connectivity index (χ1v) is 18.6. The third-order valence-corrected chi connectivity index (χ3v) is 11.5. The number of allylic oxidation sites excluding steroid dienone is 4. The van der Waals surface area contributed by atoms with E-state index in [1.165, 1.54) is 22.3 Å². The first-order valence-electron chi connectivity index (χ1n) is 17.8. The van der Waals surface area contributed by atoms with Gasteiger partial charge in [-0.25, -0.2) is 4.98 Å². The summed E-state index contributed by atoms with van der Waals surface area (Å²) in [7, 11) is 0. The van der Waals surface area contributed by atoms with Crippen LogP contribution in [0.4, 0.5) is 0 Å². The van der Waals surface area contributed by atoms with Crippen LogP contribution in [0.15, 0.2) is 146 Å². The maximum absolute atomic E-state index is 9.50. The van der Waals surface area contributed by atoms with Crippen LogP contribution < -0.4 is 0 Å². The van der Waals surface area contributed by atoms with E-state index in [-0.39, 0.29) is 0 Å². The average molecular weight is 707 g/mol. The van der Waals surface area contributed by atoms with Crippen molar-refractivity contribution in [3.05, 3.63) is 173 Å². The van der Waals surface area contributed by atoms with E-state index in [4.69, 9.17) is 4.98 Å². The second-order valence-electron chi connectivity index (χ2n) is 13.9. The molecule has 252 valence electrons. The molecule has 0 saturated carbocycles. The molecule has 1 unspecified atom stereocenters. The van der Waals surface area contributed by atoms with Crippen LogP contribution in [0.5, 0.6) is 0 Å². The summed E-state index contributed by atoms with van der Waals surface area (Å²) in [6.07, 6.45) is 5.42. The summed E-state index contributed by atoms with van der Waals surface area (Å²) in [6.45, 7) is 2.29. The van der Waals surface area contributed by atoms with Gasteiger partial charge in [-0.15, -0.1) is 11.3 Å². The molecule has 0 spiro atoms. The van der Waals surface area contributed by atoms with E-state index in [2.05, 4.69) is 116 Å². The molecule has 5 heteroatoms. The van der Waals surface area contributed by atoms with E-state index in [0.717, 1.165) is 71.0 Å². The Morgan fingerprint density at radius 2 is 1.02 bits per heavy atom. The lowest BCUT2D eigenvalue weighted by molar-refractivity contribution is 0.771. The third kappa shape index (κ3) is 6.12. The van der Waals surface area contributed by atoms with E-state index in [1.807, 2.05) is 54.6 Å². The highest BCUT2D eigenvalue weighted by molar-refractivity contribution is 7.21. The van der Waals surface area contributed by atoms with Gasteiger partial charge >= 0.3 is 0 Å². The zero-order valence-corrected chi connectivity index (χ0v) is 30.2. The minimum absolute atomic E-state index is 0.299. The molecule has 1 atom stereocenters. The van der Waals surface area contributed by atoms with Gasteiger partial charge in [0.2, 0.25) is 0 Å². The predicted molar refractivity (Wildman–Crippen MR) is 221 cm³/mol. The van der Waals surface area contributed by atoms with Crippen LogP contribution >= 0.6 is 11.3 Å².